The number of aromatic nitrogens is 9. The Balaban J connectivity index is 0.00000289. The number of nitrogens with zero attached hydrogens (tertiary/aromatic N) is 15. The van der Waals surface area contributed by atoms with Crippen LogP contribution in [0.2, 0.25) is 0 Å². The van der Waals surface area contributed by atoms with Gasteiger partial charge in [0.1, 0.15) is 11.6 Å². The molecule has 66 heavy (non-hydrogen) atoms. The van der Waals surface area contributed by atoms with Crippen LogP contribution in [0.25, 0.3) is 27.9 Å². The second kappa shape index (κ2) is 21.4. The molecule has 0 aliphatic heterocycles. The van der Waals surface area contributed by atoms with Crippen LogP contribution in [0.3, 0.4) is 0 Å². The molecule has 0 spiro atoms. The fourth-order valence-electron chi connectivity index (χ4n) is 5.85. The van der Waals surface area contributed by atoms with E-state index in [1.165, 1.54) is 9.36 Å². The number of anilines is 2. The molecule has 0 amide bonds. The van der Waals surface area contributed by atoms with Crippen molar-refractivity contribution in [2.75, 3.05) is 11.5 Å². The van der Waals surface area contributed by atoms with Gasteiger partial charge in [-0.2, -0.15) is 35.0 Å². The number of nitriles is 1. The number of carbonyl (C=O) groups is 4. The first-order valence-electron chi connectivity index (χ1n) is 17.2. The van der Waals surface area contributed by atoms with Gasteiger partial charge in [-0.05, 0) is 84.6 Å². The SMILES string of the molecule is [C-]#[N+]c1cnn(-c2cc(C(=O)[O-])cc(C(=O)[O-])c2)c1N=Nc1c(C)nn(-c2cccc(-n3nc(C)c(N=Nc4c(C#N)cnn4-c4cc(C(=O)[O-])cc(C(=O)[O-])c4)c3N)n2)c1N.[Li+].[Li+].[Li+].[Li+]. The smallest absolute Gasteiger partial charge is 0.545 e. The molecule has 0 bridgehead atoms. The van der Waals surface area contributed by atoms with Crippen LogP contribution in [-0.4, -0.2) is 68.0 Å². The van der Waals surface area contributed by atoms with Crippen LogP contribution in [0.15, 0.2) is 87.4 Å². The standard InChI is InChI=1S/C37H25N17O8.4Li/c1-16-28(45-47-32-22(13-38)14-42-51(32)23-9-18(34(55)56)7-19(10-23)35(57)58)30(39)53(49-16)26-5-4-6-27(44-26)54-31(40)29(17(2)50-54)46-48-33-25(41-3)15-43-52(33)24-11-20(36(59)60)8-21(12-24)37(61)62;;;;/h4-12,14-15H,39-40H2,1-2H3,(H,55,56)(H,57,58)(H,59,60)(H,61,62);;;;/q;4*+1/p-4. The first-order chi connectivity index (χ1) is 29.6. The third-order valence-corrected chi connectivity index (χ3v) is 8.75. The van der Waals surface area contributed by atoms with Crippen LogP contribution in [0.5, 0.6) is 0 Å². The van der Waals surface area contributed by atoms with E-state index < -0.39 is 46.1 Å². The molecule has 4 N–H and O–H groups in total. The van der Waals surface area contributed by atoms with E-state index in [4.69, 9.17) is 18.0 Å². The van der Waals surface area contributed by atoms with Crippen LogP contribution >= 0.6 is 0 Å². The van der Waals surface area contributed by atoms with Crippen molar-refractivity contribution in [2.24, 2.45) is 20.5 Å². The first-order valence-corrected chi connectivity index (χ1v) is 17.2. The van der Waals surface area contributed by atoms with Crippen molar-refractivity contribution in [3.8, 4) is 29.1 Å². The zero-order chi connectivity index (χ0) is 44.6. The fraction of sp³-hybridized carbons (Fsp3) is 0.0541. The van der Waals surface area contributed by atoms with E-state index in [0.29, 0.717) is 0 Å². The average Bonchev–Trinajstić information content (AvgIpc) is 4.01. The van der Waals surface area contributed by atoms with Crippen molar-refractivity contribution in [3.05, 3.63) is 118 Å². The molecule has 0 atom stereocenters. The molecule has 306 valence electrons. The number of hydrogen-bond acceptors (Lipinski definition) is 20. The van der Waals surface area contributed by atoms with E-state index in [-0.39, 0.29) is 156 Å². The molecule has 29 heteroatoms. The average molecular weight is 859 g/mol. The van der Waals surface area contributed by atoms with Gasteiger partial charge in [-0.3, -0.25) is 0 Å². The molecule has 0 unspecified atom stereocenters. The normalized spacial score (nSPS) is 10.5. The monoisotopic (exact) mass is 859 g/mol. The topological polar surface area (TPSA) is 374 Å². The van der Waals surface area contributed by atoms with Gasteiger partial charge in [-0.1, -0.05) is 6.07 Å². The summed E-state index contributed by atoms with van der Waals surface area (Å²) in [6, 6.07) is 12.5. The van der Waals surface area contributed by atoms with Crippen molar-refractivity contribution < 1.29 is 115 Å². The van der Waals surface area contributed by atoms with Gasteiger partial charge in [0.2, 0.25) is 0 Å². The van der Waals surface area contributed by atoms with Gasteiger partial charge < -0.3 is 51.1 Å². The van der Waals surface area contributed by atoms with E-state index in [2.05, 4.69) is 50.7 Å². The zero-order valence-corrected chi connectivity index (χ0v) is 35.5. The van der Waals surface area contributed by atoms with E-state index >= 15 is 0 Å². The van der Waals surface area contributed by atoms with Crippen molar-refractivity contribution in [2.45, 2.75) is 13.8 Å². The summed E-state index contributed by atoms with van der Waals surface area (Å²) in [6.07, 6.45) is 2.23. The van der Waals surface area contributed by atoms with Gasteiger partial charge in [0.25, 0.3) is 5.69 Å². The Morgan fingerprint density at radius 1 is 0.636 bits per heavy atom. The van der Waals surface area contributed by atoms with Gasteiger partial charge in [0, 0.05) is 0 Å². The van der Waals surface area contributed by atoms with Crippen LogP contribution in [0, 0.1) is 31.8 Å². The van der Waals surface area contributed by atoms with Gasteiger partial charge in [0.05, 0.1) is 65.6 Å². The summed E-state index contributed by atoms with van der Waals surface area (Å²) in [6.45, 7) is 10.7. The Kier molecular flexibility index (Phi) is 17.2. The van der Waals surface area contributed by atoms with Crippen molar-refractivity contribution in [1.82, 2.24) is 44.1 Å². The number of carbonyl (C=O) groups excluding carboxylic acids is 4. The van der Waals surface area contributed by atoms with Gasteiger partial charge in [-0.25, -0.2) is 19.2 Å². The summed E-state index contributed by atoms with van der Waals surface area (Å²) in [5, 5.41) is 89.8. The third-order valence-electron chi connectivity index (χ3n) is 8.75. The number of carboxylic acids is 4. The Labute approximate surface area is 418 Å². The molecule has 0 aliphatic carbocycles. The molecule has 25 nitrogen and oxygen atoms in total. The number of nitrogen functional groups attached to an aromatic ring is 2. The van der Waals surface area contributed by atoms with Crippen molar-refractivity contribution >= 4 is 64.2 Å². The Morgan fingerprint density at radius 3 is 1.42 bits per heavy atom. The summed E-state index contributed by atoms with van der Waals surface area (Å²) in [4.78, 5) is 54.3. The minimum absolute atomic E-state index is 0. The zero-order valence-electron chi connectivity index (χ0n) is 35.5. The van der Waals surface area contributed by atoms with Crippen LogP contribution in [0.4, 0.5) is 40.3 Å². The summed E-state index contributed by atoms with van der Waals surface area (Å²) >= 11 is 0. The number of nitrogens with two attached hydrogens (primary N) is 2. The van der Waals surface area contributed by atoms with E-state index in [0.717, 1.165) is 58.2 Å². The van der Waals surface area contributed by atoms with Crippen LogP contribution < -0.4 is 107 Å². The Morgan fingerprint density at radius 2 is 1.03 bits per heavy atom. The number of azo groups is 2. The molecule has 0 saturated heterocycles. The Hall–Kier alpha value is -7.52. The number of aryl methyl sites for hydroxylation is 2. The minimum Gasteiger partial charge on any atom is -0.545 e. The van der Waals surface area contributed by atoms with Gasteiger partial charge >= 0.3 is 75.4 Å². The molecule has 0 fully saturated rings. The van der Waals surface area contributed by atoms with Crippen molar-refractivity contribution in [3.63, 3.8) is 0 Å². The maximum atomic E-state index is 11.6. The Bertz CT molecular complexity index is 2940. The first kappa shape index (κ1) is 52.8. The predicted octanol–water partition coefficient (Wildman–Crippen LogP) is -11.7. The molecule has 0 aliphatic rings. The number of aromatic carboxylic acids is 4. The van der Waals surface area contributed by atoms with E-state index in [9.17, 15) is 44.9 Å². The molecule has 5 heterocycles. The largest absolute Gasteiger partial charge is 1.00 e. The van der Waals surface area contributed by atoms with E-state index in [1.54, 1.807) is 32.0 Å². The summed E-state index contributed by atoms with van der Waals surface area (Å²) in [5.41, 5.74) is 11.1. The van der Waals surface area contributed by atoms with Crippen molar-refractivity contribution in [1.29, 1.82) is 5.26 Å². The number of benzene rings is 2. The number of carboxylic acid groups (broad SMARTS) is 4. The fourth-order valence-corrected chi connectivity index (χ4v) is 5.85. The molecule has 0 saturated carbocycles. The minimum atomic E-state index is -1.67. The molecule has 7 rings (SSSR count). The second-order valence-corrected chi connectivity index (χ2v) is 12.7. The molecule has 0 radical (unpaired) electrons. The molecule has 5 aromatic heterocycles. The number of pyridine rings is 1. The summed E-state index contributed by atoms with van der Waals surface area (Å²) in [7, 11) is 0. The van der Waals surface area contributed by atoms with Gasteiger partial charge in [0.15, 0.2) is 46.3 Å². The predicted molar refractivity (Wildman–Crippen MR) is 201 cm³/mol. The molecule has 7 aromatic rings. The maximum Gasteiger partial charge on any atom is 1.00 e. The van der Waals surface area contributed by atoms with Crippen LogP contribution in [-0.2, 0) is 0 Å². The molecular formula is C37H21Li4N17O8. The molecule has 2 aromatic carbocycles. The second-order valence-electron chi connectivity index (χ2n) is 12.7. The maximum absolute atomic E-state index is 11.6. The number of hydrogen-bond donors (Lipinski definition) is 2. The quantitative estimate of drug-likeness (QED) is 0.0654. The van der Waals surface area contributed by atoms with Crippen LogP contribution in [0.1, 0.15) is 58.4 Å². The summed E-state index contributed by atoms with van der Waals surface area (Å²) < 4.78 is 4.46. The van der Waals surface area contributed by atoms with Gasteiger partial charge in [-0.15, -0.1) is 20.5 Å². The summed E-state index contributed by atoms with van der Waals surface area (Å²) in [5.74, 6) is -6.93. The molecular weight excluding hydrogens is 838 g/mol. The van der Waals surface area contributed by atoms with E-state index in [1.807, 2.05) is 6.07 Å². The third kappa shape index (κ3) is 10.2. The number of rotatable bonds is 12.